The molecule has 1 saturated carbocycles. The molecule has 1 aliphatic rings. The van der Waals surface area contributed by atoms with Gasteiger partial charge in [-0.15, -0.1) is 11.6 Å². The van der Waals surface area contributed by atoms with E-state index in [9.17, 15) is 0 Å². The van der Waals surface area contributed by atoms with E-state index in [-0.39, 0.29) is 0 Å². The lowest BCUT2D eigenvalue weighted by molar-refractivity contribution is 0.250. The van der Waals surface area contributed by atoms with Gasteiger partial charge in [0.25, 0.3) is 0 Å². The number of ether oxygens (including phenoxy) is 1. The zero-order chi connectivity index (χ0) is 14.4. The van der Waals surface area contributed by atoms with Crippen LogP contribution in [0.2, 0.25) is 0 Å². The highest BCUT2D eigenvalue weighted by Crippen LogP contribution is 2.30. The Balaban J connectivity index is 1.87. The van der Waals surface area contributed by atoms with Crippen molar-refractivity contribution >= 4 is 11.6 Å². The van der Waals surface area contributed by atoms with E-state index in [1.54, 1.807) is 7.11 Å². The van der Waals surface area contributed by atoms with Gasteiger partial charge in [0.05, 0.1) is 7.11 Å². The Hall–Kier alpha value is -0.730. The van der Waals surface area contributed by atoms with Crippen molar-refractivity contribution in [2.75, 3.05) is 19.5 Å². The summed E-state index contributed by atoms with van der Waals surface area (Å²) in [5.41, 5.74) is 2.52. The molecule has 2 atom stereocenters. The van der Waals surface area contributed by atoms with Crippen LogP contribution >= 0.6 is 11.6 Å². The van der Waals surface area contributed by atoms with Gasteiger partial charge in [0, 0.05) is 18.0 Å². The molecule has 1 aliphatic carbocycles. The highest BCUT2D eigenvalue weighted by atomic mass is 35.5. The van der Waals surface area contributed by atoms with Gasteiger partial charge in [-0.1, -0.05) is 30.5 Å². The first-order chi connectivity index (χ1) is 9.74. The van der Waals surface area contributed by atoms with Gasteiger partial charge in [-0.25, -0.2) is 0 Å². The normalized spacial score (nSPS) is 22.8. The van der Waals surface area contributed by atoms with Gasteiger partial charge >= 0.3 is 0 Å². The van der Waals surface area contributed by atoms with E-state index in [1.807, 2.05) is 0 Å². The van der Waals surface area contributed by atoms with Gasteiger partial charge in [-0.2, -0.15) is 0 Å². The molecule has 2 unspecified atom stereocenters. The van der Waals surface area contributed by atoms with Crippen LogP contribution in [0, 0.1) is 18.8 Å². The van der Waals surface area contributed by atoms with Crippen LogP contribution in [-0.2, 0) is 6.54 Å². The molecule has 0 spiro atoms. The third-order valence-corrected chi connectivity index (χ3v) is 4.82. The number of hydrogen-bond donors (Lipinski definition) is 1. The number of aryl methyl sites for hydroxylation is 1. The van der Waals surface area contributed by atoms with Crippen molar-refractivity contribution in [3.8, 4) is 5.75 Å². The maximum Gasteiger partial charge on any atom is 0.123 e. The third-order valence-electron chi connectivity index (χ3n) is 4.42. The molecule has 112 valence electrons. The number of methoxy groups -OCH3 is 1. The molecule has 1 N–H and O–H groups in total. The Morgan fingerprint density at radius 3 is 2.70 bits per heavy atom. The molecule has 0 bridgehead atoms. The molecule has 0 aliphatic heterocycles. The lowest BCUT2D eigenvalue weighted by Gasteiger charge is -2.30. The summed E-state index contributed by atoms with van der Waals surface area (Å²) in [6.45, 7) is 4.05. The molecule has 20 heavy (non-hydrogen) atoms. The number of hydrogen-bond acceptors (Lipinski definition) is 2. The Morgan fingerprint density at radius 2 is 2.00 bits per heavy atom. The molecule has 2 rings (SSSR count). The van der Waals surface area contributed by atoms with E-state index in [1.165, 1.54) is 36.8 Å². The van der Waals surface area contributed by atoms with Gasteiger partial charge in [-0.05, 0) is 44.2 Å². The van der Waals surface area contributed by atoms with Gasteiger partial charge in [0.15, 0.2) is 0 Å². The van der Waals surface area contributed by atoms with Crippen LogP contribution < -0.4 is 10.1 Å². The summed E-state index contributed by atoms with van der Waals surface area (Å²) in [4.78, 5) is 0. The smallest absolute Gasteiger partial charge is 0.123 e. The van der Waals surface area contributed by atoms with Gasteiger partial charge < -0.3 is 10.1 Å². The van der Waals surface area contributed by atoms with E-state index in [4.69, 9.17) is 16.3 Å². The van der Waals surface area contributed by atoms with Crippen molar-refractivity contribution in [2.24, 2.45) is 11.8 Å². The molecule has 2 nitrogen and oxygen atoms in total. The minimum Gasteiger partial charge on any atom is -0.496 e. The highest BCUT2D eigenvalue weighted by Gasteiger charge is 2.23. The van der Waals surface area contributed by atoms with Crippen LogP contribution in [0.4, 0.5) is 0 Å². The van der Waals surface area contributed by atoms with Crippen LogP contribution in [0.15, 0.2) is 18.2 Å². The molecule has 0 aromatic heterocycles. The van der Waals surface area contributed by atoms with Crippen molar-refractivity contribution < 1.29 is 4.74 Å². The number of rotatable bonds is 6. The van der Waals surface area contributed by atoms with Crippen molar-refractivity contribution in [3.05, 3.63) is 29.3 Å². The molecule has 0 amide bonds. The summed E-state index contributed by atoms with van der Waals surface area (Å²) in [7, 11) is 1.73. The fourth-order valence-electron chi connectivity index (χ4n) is 3.19. The molecule has 3 heteroatoms. The summed E-state index contributed by atoms with van der Waals surface area (Å²) in [6, 6.07) is 6.34. The summed E-state index contributed by atoms with van der Waals surface area (Å²) >= 11 is 6.09. The number of halogens is 1. The largest absolute Gasteiger partial charge is 0.496 e. The standard InChI is InChI=1S/C17H26ClNO/c1-13-7-8-17(20-2)16(9-13)12-19-11-15-6-4-3-5-14(15)10-18/h7-9,14-15,19H,3-6,10-12H2,1-2H3. The van der Waals surface area contributed by atoms with E-state index >= 15 is 0 Å². The molecular formula is C17H26ClNO. The maximum absolute atomic E-state index is 6.09. The fourth-order valence-corrected chi connectivity index (χ4v) is 3.60. The van der Waals surface area contributed by atoms with E-state index in [2.05, 4.69) is 30.4 Å². The molecule has 0 radical (unpaired) electrons. The quantitative estimate of drug-likeness (QED) is 0.797. The molecule has 0 saturated heterocycles. The Bertz CT molecular complexity index is 421. The predicted octanol–water partition coefficient (Wildman–Crippen LogP) is 4.14. The first-order valence-electron chi connectivity index (χ1n) is 7.64. The van der Waals surface area contributed by atoms with Gasteiger partial charge in [0.2, 0.25) is 0 Å². The van der Waals surface area contributed by atoms with Gasteiger partial charge in [-0.3, -0.25) is 0 Å². The molecule has 1 aromatic rings. The number of benzene rings is 1. The second-order valence-corrected chi connectivity index (χ2v) is 6.21. The average Bonchev–Trinajstić information content (AvgIpc) is 2.48. The summed E-state index contributed by atoms with van der Waals surface area (Å²) in [5, 5.41) is 3.60. The zero-order valence-electron chi connectivity index (χ0n) is 12.6. The summed E-state index contributed by atoms with van der Waals surface area (Å²) < 4.78 is 5.42. The Labute approximate surface area is 127 Å². The highest BCUT2D eigenvalue weighted by molar-refractivity contribution is 6.18. The van der Waals surface area contributed by atoms with Crippen LogP contribution in [0.3, 0.4) is 0 Å². The minimum atomic E-state index is 0.692. The van der Waals surface area contributed by atoms with Crippen LogP contribution in [0.1, 0.15) is 36.8 Å². The van der Waals surface area contributed by atoms with Crippen molar-refractivity contribution in [1.29, 1.82) is 0 Å². The van der Waals surface area contributed by atoms with E-state index in [0.29, 0.717) is 5.92 Å². The second kappa shape index (κ2) is 7.90. The maximum atomic E-state index is 6.09. The van der Waals surface area contributed by atoms with Crippen LogP contribution in [0.25, 0.3) is 0 Å². The zero-order valence-corrected chi connectivity index (χ0v) is 13.4. The van der Waals surface area contributed by atoms with Crippen molar-refractivity contribution in [1.82, 2.24) is 5.32 Å². The number of alkyl halides is 1. The first kappa shape index (κ1) is 15.7. The van der Waals surface area contributed by atoms with E-state index < -0.39 is 0 Å². The van der Waals surface area contributed by atoms with Crippen LogP contribution in [0.5, 0.6) is 5.75 Å². The first-order valence-corrected chi connectivity index (χ1v) is 8.18. The molecular weight excluding hydrogens is 270 g/mol. The Morgan fingerprint density at radius 1 is 1.25 bits per heavy atom. The van der Waals surface area contributed by atoms with Crippen molar-refractivity contribution in [2.45, 2.75) is 39.2 Å². The number of nitrogens with one attached hydrogen (secondary N) is 1. The van der Waals surface area contributed by atoms with Crippen molar-refractivity contribution in [3.63, 3.8) is 0 Å². The molecule has 0 heterocycles. The van der Waals surface area contributed by atoms with Gasteiger partial charge in [0.1, 0.15) is 5.75 Å². The fraction of sp³-hybridized carbons (Fsp3) is 0.647. The predicted molar refractivity (Wildman–Crippen MR) is 85.6 cm³/mol. The second-order valence-electron chi connectivity index (χ2n) is 5.91. The third kappa shape index (κ3) is 4.13. The summed E-state index contributed by atoms with van der Waals surface area (Å²) in [5.74, 6) is 3.20. The SMILES string of the molecule is COc1ccc(C)cc1CNCC1CCCCC1CCl. The summed E-state index contributed by atoms with van der Waals surface area (Å²) in [6.07, 6.45) is 5.31. The van der Waals surface area contributed by atoms with Crippen LogP contribution in [-0.4, -0.2) is 19.5 Å². The topological polar surface area (TPSA) is 21.3 Å². The molecule has 1 fully saturated rings. The lowest BCUT2D eigenvalue weighted by Crippen LogP contribution is -2.31. The molecule has 1 aromatic carbocycles. The van der Waals surface area contributed by atoms with E-state index in [0.717, 1.165) is 30.6 Å². The minimum absolute atomic E-state index is 0.692. The lowest BCUT2D eigenvalue weighted by atomic mass is 9.80. The monoisotopic (exact) mass is 295 g/mol. The average molecular weight is 296 g/mol. The Kier molecular flexibility index (Phi) is 6.18.